The number of hydrogen-bond acceptors (Lipinski definition) is 2. The third-order valence-electron chi connectivity index (χ3n) is 3.63. The van der Waals surface area contributed by atoms with Gasteiger partial charge in [-0.3, -0.25) is 4.79 Å². The highest BCUT2D eigenvalue weighted by atomic mass is 79.9. The SMILES string of the molecule is Cl.NC1(CNC(=O)c2ccc(F)cc2Br)CCCCC1. The van der Waals surface area contributed by atoms with Crippen LogP contribution < -0.4 is 11.1 Å². The summed E-state index contributed by atoms with van der Waals surface area (Å²) in [6, 6.07) is 4.03. The molecule has 0 spiro atoms. The molecule has 0 saturated heterocycles. The number of nitrogens with one attached hydrogen (secondary N) is 1. The number of amides is 1. The number of benzene rings is 1. The summed E-state index contributed by atoms with van der Waals surface area (Å²) in [5, 5.41) is 2.85. The van der Waals surface area contributed by atoms with Gasteiger partial charge in [0.05, 0.1) is 5.56 Å². The number of halogens is 3. The van der Waals surface area contributed by atoms with Crippen LogP contribution in [0, 0.1) is 5.82 Å². The summed E-state index contributed by atoms with van der Waals surface area (Å²) in [4.78, 5) is 12.0. The Morgan fingerprint density at radius 3 is 2.60 bits per heavy atom. The molecule has 0 bridgehead atoms. The van der Waals surface area contributed by atoms with Crippen molar-refractivity contribution < 1.29 is 9.18 Å². The van der Waals surface area contributed by atoms with Gasteiger partial charge in [0.1, 0.15) is 5.82 Å². The van der Waals surface area contributed by atoms with Crippen LogP contribution in [0.1, 0.15) is 42.5 Å². The summed E-state index contributed by atoms with van der Waals surface area (Å²) < 4.78 is 13.4. The van der Waals surface area contributed by atoms with Crippen LogP contribution >= 0.6 is 28.3 Å². The van der Waals surface area contributed by atoms with Crippen molar-refractivity contribution in [2.24, 2.45) is 5.73 Å². The summed E-state index contributed by atoms with van der Waals surface area (Å²) in [5.74, 6) is -0.590. The topological polar surface area (TPSA) is 55.1 Å². The lowest BCUT2D eigenvalue weighted by molar-refractivity contribution is 0.0937. The van der Waals surface area contributed by atoms with E-state index in [2.05, 4.69) is 21.2 Å². The fraction of sp³-hybridized carbons (Fsp3) is 0.500. The molecule has 3 N–H and O–H groups in total. The molecule has 1 saturated carbocycles. The maximum absolute atomic E-state index is 13.0. The predicted octanol–water partition coefficient (Wildman–Crippen LogP) is 3.40. The van der Waals surface area contributed by atoms with E-state index in [9.17, 15) is 9.18 Å². The summed E-state index contributed by atoms with van der Waals surface area (Å²) in [7, 11) is 0. The highest BCUT2D eigenvalue weighted by Crippen LogP contribution is 2.25. The van der Waals surface area contributed by atoms with Crippen molar-refractivity contribution in [2.45, 2.75) is 37.6 Å². The molecule has 1 aromatic rings. The largest absolute Gasteiger partial charge is 0.350 e. The zero-order chi connectivity index (χ0) is 13.9. The number of hydrogen-bond donors (Lipinski definition) is 2. The van der Waals surface area contributed by atoms with Gasteiger partial charge < -0.3 is 11.1 Å². The van der Waals surface area contributed by atoms with Crippen molar-refractivity contribution in [3.63, 3.8) is 0 Å². The van der Waals surface area contributed by atoms with Gasteiger partial charge in [-0.25, -0.2) is 4.39 Å². The second kappa shape index (κ2) is 7.38. The fourth-order valence-electron chi connectivity index (χ4n) is 2.46. The molecule has 0 aliphatic heterocycles. The van der Waals surface area contributed by atoms with Gasteiger partial charge in [-0.15, -0.1) is 12.4 Å². The molecule has 6 heteroatoms. The third kappa shape index (κ3) is 4.43. The van der Waals surface area contributed by atoms with Gasteiger partial charge in [-0.2, -0.15) is 0 Å². The van der Waals surface area contributed by atoms with E-state index in [1.54, 1.807) is 0 Å². The molecule has 112 valence electrons. The molecule has 20 heavy (non-hydrogen) atoms. The predicted molar refractivity (Wildman–Crippen MR) is 83.7 cm³/mol. The smallest absolute Gasteiger partial charge is 0.252 e. The van der Waals surface area contributed by atoms with Crippen LogP contribution in [0.15, 0.2) is 22.7 Å². The molecule has 2 rings (SSSR count). The molecular weight excluding hydrogens is 347 g/mol. The normalized spacial score (nSPS) is 17.1. The van der Waals surface area contributed by atoms with E-state index in [1.807, 2.05) is 0 Å². The maximum atomic E-state index is 13.0. The number of rotatable bonds is 3. The first-order valence-corrected chi connectivity index (χ1v) is 7.32. The molecule has 3 nitrogen and oxygen atoms in total. The quantitative estimate of drug-likeness (QED) is 0.862. The Kier molecular flexibility index (Phi) is 6.43. The van der Waals surface area contributed by atoms with Crippen LogP contribution in [-0.2, 0) is 0 Å². The van der Waals surface area contributed by atoms with Gasteiger partial charge in [0.15, 0.2) is 0 Å². The molecule has 1 amide bonds. The summed E-state index contributed by atoms with van der Waals surface area (Å²) >= 11 is 3.20. The first-order chi connectivity index (χ1) is 9.00. The van der Waals surface area contributed by atoms with Crippen LogP contribution in [0.2, 0.25) is 0 Å². The van der Waals surface area contributed by atoms with E-state index in [-0.39, 0.29) is 29.7 Å². The van der Waals surface area contributed by atoms with E-state index < -0.39 is 0 Å². The van der Waals surface area contributed by atoms with Crippen LogP contribution in [0.4, 0.5) is 4.39 Å². The van der Waals surface area contributed by atoms with Crippen molar-refractivity contribution in [2.75, 3.05) is 6.54 Å². The van der Waals surface area contributed by atoms with Crippen LogP contribution in [0.5, 0.6) is 0 Å². The van der Waals surface area contributed by atoms with E-state index >= 15 is 0 Å². The first-order valence-electron chi connectivity index (χ1n) is 6.52. The Labute approximate surface area is 133 Å². The Bertz CT molecular complexity index is 478. The molecule has 1 aromatic carbocycles. The van der Waals surface area contributed by atoms with Crippen molar-refractivity contribution in [3.8, 4) is 0 Å². The average molecular weight is 366 g/mol. The van der Waals surface area contributed by atoms with E-state index in [4.69, 9.17) is 5.73 Å². The molecule has 0 heterocycles. The molecule has 0 unspecified atom stereocenters. The molecule has 0 atom stereocenters. The van der Waals surface area contributed by atoms with Crippen LogP contribution in [0.25, 0.3) is 0 Å². The lowest BCUT2D eigenvalue weighted by Crippen LogP contribution is -2.51. The lowest BCUT2D eigenvalue weighted by Gasteiger charge is -2.33. The molecule has 1 aliphatic carbocycles. The van der Waals surface area contributed by atoms with Crippen LogP contribution in [0.3, 0.4) is 0 Å². The summed E-state index contributed by atoms with van der Waals surface area (Å²) in [5.41, 5.74) is 6.40. The van der Waals surface area contributed by atoms with Gasteiger partial charge in [0, 0.05) is 16.6 Å². The Balaban J connectivity index is 0.00000200. The van der Waals surface area contributed by atoms with Gasteiger partial charge in [0.2, 0.25) is 0 Å². The van der Waals surface area contributed by atoms with E-state index in [0.29, 0.717) is 16.6 Å². The van der Waals surface area contributed by atoms with Crippen molar-refractivity contribution in [1.29, 1.82) is 0 Å². The number of carbonyl (C=O) groups is 1. The minimum atomic E-state index is -0.369. The molecule has 0 aromatic heterocycles. The second-order valence-corrected chi connectivity index (χ2v) is 6.08. The minimum Gasteiger partial charge on any atom is -0.350 e. The van der Waals surface area contributed by atoms with E-state index in [0.717, 1.165) is 25.7 Å². The molecule has 0 radical (unpaired) electrons. The highest BCUT2D eigenvalue weighted by molar-refractivity contribution is 9.10. The minimum absolute atomic E-state index is 0. The van der Waals surface area contributed by atoms with Crippen molar-refractivity contribution >= 4 is 34.2 Å². The standard InChI is InChI=1S/C14H18BrFN2O.ClH/c15-12-8-10(16)4-5-11(12)13(19)18-9-14(17)6-2-1-3-7-14;/h4-5,8H,1-3,6-7,9,17H2,(H,18,19);1H. The van der Waals surface area contributed by atoms with E-state index in [1.165, 1.54) is 24.6 Å². The van der Waals surface area contributed by atoms with Gasteiger partial charge >= 0.3 is 0 Å². The molecule has 1 aliphatic rings. The Hall–Kier alpha value is -0.650. The monoisotopic (exact) mass is 364 g/mol. The zero-order valence-corrected chi connectivity index (χ0v) is 13.5. The average Bonchev–Trinajstić information content (AvgIpc) is 2.37. The number of carbonyl (C=O) groups excluding carboxylic acids is 1. The summed E-state index contributed by atoms with van der Waals surface area (Å²) in [6.07, 6.45) is 5.34. The first kappa shape index (κ1) is 17.4. The number of nitrogens with two attached hydrogens (primary N) is 1. The molecular formula is C14H19BrClFN2O. The highest BCUT2D eigenvalue weighted by Gasteiger charge is 2.28. The van der Waals surface area contributed by atoms with Gasteiger partial charge in [-0.05, 0) is 47.0 Å². The van der Waals surface area contributed by atoms with Crippen LogP contribution in [-0.4, -0.2) is 18.0 Å². The van der Waals surface area contributed by atoms with Gasteiger partial charge in [-0.1, -0.05) is 19.3 Å². The maximum Gasteiger partial charge on any atom is 0.252 e. The fourth-order valence-corrected chi connectivity index (χ4v) is 2.99. The Morgan fingerprint density at radius 1 is 1.35 bits per heavy atom. The molecule has 1 fully saturated rings. The van der Waals surface area contributed by atoms with Gasteiger partial charge in [0.25, 0.3) is 5.91 Å². The third-order valence-corrected chi connectivity index (χ3v) is 4.28. The van der Waals surface area contributed by atoms with Crippen molar-refractivity contribution in [1.82, 2.24) is 5.32 Å². The zero-order valence-electron chi connectivity index (χ0n) is 11.1. The second-order valence-electron chi connectivity index (χ2n) is 5.23. The van der Waals surface area contributed by atoms with Crippen molar-refractivity contribution in [3.05, 3.63) is 34.1 Å². The Morgan fingerprint density at radius 2 is 2.00 bits per heavy atom. The lowest BCUT2D eigenvalue weighted by atomic mass is 9.82. The summed E-state index contributed by atoms with van der Waals surface area (Å²) in [6.45, 7) is 0.468.